The number of esters is 2. The fourth-order valence-corrected chi connectivity index (χ4v) is 14.8. The van der Waals surface area contributed by atoms with Crippen molar-refractivity contribution in [1.29, 1.82) is 21.0 Å². The zero-order chi connectivity index (χ0) is 46.3. The maximum atomic E-state index is 15.1. The number of Topliss-reactive ketones (excluding diaryl/α,β-unsaturated/α-hetero) is 1. The van der Waals surface area contributed by atoms with Gasteiger partial charge in [-0.25, -0.2) is 19.6 Å². The summed E-state index contributed by atoms with van der Waals surface area (Å²) in [7, 11) is 0. The predicted octanol–water partition coefficient (Wildman–Crippen LogP) is 10.5. The van der Waals surface area contributed by atoms with Crippen molar-refractivity contribution in [1.82, 2.24) is 4.90 Å². The number of hydrogen-bond acceptors (Lipinski definition) is 19. The van der Waals surface area contributed by atoms with Crippen LogP contribution in [0.3, 0.4) is 0 Å². The number of allylic oxidation sites excluding steroid dienone is 3. The molecule has 20 heteroatoms. The maximum Gasteiger partial charge on any atom is 0.367 e. The van der Waals surface area contributed by atoms with E-state index in [4.69, 9.17) is 14.2 Å². The Morgan fingerprint density at radius 3 is 1.83 bits per heavy atom. The van der Waals surface area contributed by atoms with Crippen LogP contribution in [-0.4, -0.2) is 45.2 Å². The fraction of sp³-hybridized carbons (Fsp3) is 0.174. The lowest BCUT2D eigenvalue weighted by molar-refractivity contribution is -0.183. The summed E-state index contributed by atoms with van der Waals surface area (Å²) in [6.45, 7) is 3.32. The van der Waals surface area contributed by atoms with Crippen LogP contribution < -0.4 is 4.74 Å². The van der Waals surface area contributed by atoms with Gasteiger partial charge < -0.3 is 14.2 Å². The minimum Gasteiger partial charge on any atom is -0.457 e. The number of carbonyl (C=O) groups excluding carboxylic acids is 4. The van der Waals surface area contributed by atoms with E-state index in [0.717, 1.165) is 34.9 Å². The van der Waals surface area contributed by atoms with Gasteiger partial charge in [-0.1, -0.05) is 79.3 Å². The molecule has 4 aromatic heterocycles. The number of nitrogens with zero attached hydrogens (tertiary/aromatic N) is 7. The minimum absolute atomic E-state index is 0.0376. The zero-order valence-electron chi connectivity index (χ0n) is 34.3. The average Bonchev–Trinajstić information content (AvgIpc) is 4.18. The molecule has 2 fully saturated rings. The van der Waals surface area contributed by atoms with Crippen LogP contribution in [-0.2, 0) is 47.5 Å². The van der Waals surface area contributed by atoms with Gasteiger partial charge in [0, 0.05) is 16.1 Å². The van der Waals surface area contributed by atoms with Crippen molar-refractivity contribution >= 4 is 131 Å². The summed E-state index contributed by atoms with van der Waals surface area (Å²) in [5.41, 5.74) is -1.37. The first-order valence-electron chi connectivity index (χ1n) is 19.8. The Morgan fingerprint density at radius 2 is 1.27 bits per heavy atom. The molecule has 2 aromatic carbocycles. The second-order valence-electron chi connectivity index (χ2n) is 14.3. The van der Waals surface area contributed by atoms with Crippen LogP contribution >= 0.6 is 68.9 Å². The van der Waals surface area contributed by atoms with Crippen LogP contribution in [0.15, 0.2) is 104 Å². The molecule has 0 spiro atoms. The van der Waals surface area contributed by atoms with E-state index in [1.165, 1.54) is 38.9 Å². The zero-order valence-corrected chi connectivity index (χ0v) is 39.2. The van der Waals surface area contributed by atoms with Crippen molar-refractivity contribution in [2.45, 2.75) is 39.1 Å². The summed E-state index contributed by atoms with van der Waals surface area (Å²) in [4.78, 5) is 69.3. The highest BCUT2D eigenvalue weighted by molar-refractivity contribution is 8.20. The Morgan fingerprint density at radius 1 is 0.727 bits per heavy atom. The second-order valence-corrected chi connectivity index (χ2v) is 20.5. The smallest absolute Gasteiger partial charge is 0.367 e. The Balaban J connectivity index is 1.20. The fourth-order valence-electron chi connectivity index (χ4n) is 7.35. The topological polar surface area (TPSA) is 219 Å². The van der Waals surface area contributed by atoms with Gasteiger partial charge in [-0.2, -0.15) is 21.0 Å². The lowest BCUT2D eigenvalue weighted by Crippen LogP contribution is -2.52. The molecular weight excluding hydrogens is 955 g/mol. The van der Waals surface area contributed by atoms with Crippen molar-refractivity contribution < 1.29 is 33.4 Å². The van der Waals surface area contributed by atoms with Gasteiger partial charge in [0.15, 0.2) is 22.1 Å². The summed E-state index contributed by atoms with van der Waals surface area (Å²) < 4.78 is 21.2. The molecule has 7 heterocycles. The van der Waals surface area contributed by atoms with E-state index in [-0.39, 0.29) is 63.1 Å². The van der Waals surface area contributed by atoms with E-state index in [2.05, 4.69) is 9.98 Å². The van der Waals surface area contributed by atoms with E-state index in [9.17, 15) is 30.6 Å². The molecule has 3 aliphatic heterocycles. The molecule has 0 saturated carbocycles. The first-order valence-corrected chi connectivity index (χ1v) is 24.7. The Labute approximate surface area is 400 Å². The molecular formula is C46H27N7O7S6. The largest absolute Gasteiger partial charge is 0.457 e. The first kappa shape index (κ1) is 44.3. The summed E-state index contributed by atoms with van der Waals surface area (Å²) >= 11 is 6.87. The molecule has 1 unspecified atom stereocenters. The molecule has 1 atom stereocenters. The van der Waals surface area contributed by atoms with Crippen LogP contribution in [0.25, 0.3) is 28.6 Å². The first-order chi connectivity index (χ1) is 32.1. The summed E-state index contributed by atoms with van der Waals surface area (Å²) in [6.07, 6.45) is 0.380. The quantitative estimate of drug-likeness (QED) is 0.0709. The van der Waals surface area contributed by atoms with Crippen molar-refractivity contribution in [3.05, 3.63) is 111 Å². The molecule has 0 radical (unpaired) electrons. The molecule has 0 aliphatic carbocycles. The highest BCUT2D eigenvalue weighted by Crippen LogP contribution is 2.62. The van der Waals surface area contributed by atoms with Crippen LogP contribution in [0, 0.1) is 51.2 Å². The molecule has 66 heavy (non-hydrogen) atoms. The molecule has 1 amide bonds. The third-order valence-corrected chi connectivity index (χ3v) is 17.5. The van der Waals surface area contributed by atoms with Gasteiger partial charge in [-0.05, 0) is 48.4 Å². The van der Waals surface area contributed by atoms with E-state index >= 15 is 9.59 Å². The lowest BCUT2D eigenvalue weighted by atomic mass is 9.90. The number of carbonyl (C=O) groups is 4. The predicted molar refractivity (Wildman–Crippen MR) is 255 cm³/mol. The van der Waals surface area contributed by atoms with E-state index in [0.29, 0.717) is 61.0 Å². The van der Waals surface area contributed by atoms with Gasteiger partial charge >= 0.3 is 17.5 Å². The number of aliphatic imine (C=N–C) groups is 2. The number of amides is 1. The standard InChI is InChI=1S/C46H27N7O7S6/c1-3-27-33(54)40(65-35(27)25(17-47)18-48)51-30-16-29-37(64-30)34-39(62-29)38-32(36-28(61-38)15-31(63-36)52-41-42(55)53(4-2)43(66-41)26(19-49)20-50)46(60-34,44(56)58-21-23-11-7-5-8-12-23)45(57)59-22-24-13-9-6-10-14-24/h5-16,27H,3-4,21-22H2,1-2H3. The molecule has 2 saturated heterocycles. The lowest BCUT2D eigenvalue weighted by Gasteiger charge is -2.33. The summed E-state index contributed by atoms with van der Waals surface area (Å²) in [5.74, 6) is -3.30. The van der Waals surface area contributed by atoms with E-state index in [1.807, 2.05) is 36.4 Å². The van der Waals surface area contributed by atoms with Crippen molar-refractivity contribution in [3.8, 4) is 39.8 Å². The highest BCUT2D eigenvalue weighted by Gasteiger charge is 2.60. The Kier molecular flexibility index (Phi) is 12.2. The van der Waals surface area contributed by atoms with E-state index in [1.54, 1.807) is 74.5 Å². The van der Waals surface area contributed by atoms with Crippen molar-refractivity contribution in [3.63, 3.8) is 0 Å². The highest BCUT2D eigenvalue weighted by atomic mass is 32.2. The minimum atomic E-state index is -2.53. The molecule has 6 aromatic rings. The summed E-state index contributed by atoms with van der Waals surface area (Å²) in [5, 5.41) is 39.5. The van der Waals surface area contributed by atoms with Crippen LogP contribution in [0.2, 0.25) is 0 Å². The van der Waals surface area contributed by atoms with Gasteiger partial charge in [-0.3, -0.25) is 14.5 Å². The van der Waals surface area contributed by atoms with E-state index < -0.39 is 29.4 Å². The second kappa shape index (κ2) is 18.2. The number of nitriles is 4. The van der Waals surface area contributed by atoms with Gasteiger partial charge in [0.05, 0.1) is 35.3 Å². The SMILES string of the molecule is CCC1C(=O)C(=Nc2cc3sc4c(c3s2)OC(C(=O)OCc2ccccc2)(C(=O)OCc2ccccc2)c2c-4sc3cc(N=C4SC(=C(C#N)C#N)N(CC)C4=O)sc23)SC1=C(C#N)C#N. The van der Waals surface area contributed by atoms with Gasteiger partial charge in [0.25, 0.3) is 5.91 Å². The number of thiophene rings is 4. The van der Waals surface area contributed by atoms with Crippen molar-refractivity contribution in [2.75, 3.05) is 6.54 Å². The Bertz CT molecular complexity index is 3280. The van der Waals surface area contributed by atoms with Crippen molar-refractivity contribution in [2.24, 2.45) is 15.9 Å². The molecule has 0 bridgehead atoms. The van der Waals surface area contributed by atoms with Crippen LogP contribution in [0.1, 0.15) is 37.0 Å². The number of ether oxygens (including phenoxy) is 3. The molecule has 9 rings (SSSR count). The number of hydrogen-bond donors (Lipinski definition) is 0. The normalized spacial score (nSPS) is 17.2. The number of fused-ring (bicyclic) bond motifs is 7. The van der Waals surface area contributed by atoms with Crippen LogP contribution in [0.4, 0.5) is 10.0 Å². The molecule has 324 valence electrons. The third kappa shape index (κ3) is 7.57. The number of ketones is 1. The molecule has 14 nitrogen and oxygen atoms in total. The number of rotatable bonds is 10. The molecule has 0 N–H and O–H groups in total. The third-order valence-electron chi connectivity index (χ3n) is 10.4. The van der Waals surface area contributed by atoms with Gasteiger partial charge in [0.1, 0.15) is 63.1 Å². The number of thioether (sulfide) groups is 2. The van der Waals surface area contributed by atoms with Gasteiger partial charge in [-0.15, -0.1) is 45.3 Å². The average molecular weight is 982 g/mol. The van der Waals surface area contributed by atoms with Gasteiger partial charge in [0.2, 0.25) is 0 Å². The van der Waals surface area contributed by atoms with Crippen LogP contribution in [0.5, 0.6) is 5.75 Å². The molecule has 3 aliphatic rings. The maximum absolute atomic E-state index is 15.1. The number of benzene rings is 2. The summed E-state index contributed by atoms with van der Waals surface area (Å²) in [6, 6.07) is 28.9. The monoisotopic (exact) mass is 981 g/mol. The Hall–Kier alpha value is -6.88.